The maximum absolute atomic E-state index is 12.6. The number of fused-ring (bicyclic) bond motifs is 1. The van der Waals surface area contributed by atoms with Crippen molar-refractivity contribution < 1.29 is 4.79 Å². The molecule has 0 saturated carbocycles. The third-order valence-electron chi connectivity index (χ3n) is 3.58. The van der Waals surface area contributed by atoms with Crippen molar-refractivity contribution in [2.24, 2.45) is 0 Å². The third-order valence-corrected chi connectivity index (χ3v) is 3.58. The van der Waals surface area contributed by atoms with Crippen LogP contribution in [0.15, 0.2) is 60.7 Å². The van der Waals surface area contributed by atoms with Crippen LogP contribution in [-0.2, 0) is 0 Å². The van der Waals surface area contributed by atoms with Gasteiger partial charge in [0.2, 0.25) is 0 Å². The number of amides is 1. The maximum atomic E-state index is 12.6. The minimum atomic E-state index is -0.146. The standard InChI is InChI=1S/C18H16N2O/c1-12-6-4-11-16(19)17(12)20-18(21)15-10-5-8-13-7-2-3-9-14(13)15/h2-11H,19H2,1H3,(H,20,21). The van der Waals surface area contributed by atoms with Crippen LogP contribution in [0.25, 0.3) is 10.8 Å². The van der Waals surface area contributed by atoms with Crippen molar-refractivity contribution in [3.05, 3.63) is 71.8 Å². The average molecular weight is 276 g/mol. The number of hydrogen-bond acceptors (Lipinski definition) is 2. The number of nitrogens with two attached hydrogens (primary N) is 1. The lowest BCUT2D eigenvalue weighted by Crippen LogP contribution is -2.14. The van der Waals surface area contributed by atoms with Crippen LogP contribution in [0.2, 0.25) is 0 Å². The first-order valence-corrected chi connectivity index (χ1v) is 6.81. The summed E-state index contributed by atoms with van der Waals surface area (Å²) >= 11 is 0. The van der Waals surface area contributed by atoms with Gasteiger partial charge >= 0.3 is 0 Å². The van der Waals surface area contributed by atoms with E-state index in [9.17, 15) is 4.79 Å². The molecule has 3 heteroatoms. The van der Waals surface area contributed by atoms with Crippen molar-refractivity contribution in [2.45, 2.75) is 6.92 Å². The van der Waals surface area contributed by atoms with Gasteiger partial charge in [-0.2, -0.15) is 0 Å². The molecular formula is C18H16N2O. The van der Waals surface area contributed by atoms with Crippen LogP contribution in [-0.4, -0.2) is 5.91 Å². The number of nitrogen functional groups attached to an aromatic ring is 1. The number of nitrogens with one attached hydrogen (secondary N) is 1. The SMILES string of the molecule is Cc1cccc(N)c1NC(=O)c1cccc2ccccc12. The van der Waals surface area contributed by atoms with Crippen molar-refractivity contribution in [2.75, 3.05) is 11.1 Å². The number of para-hydroxylation sites is 1. The average Bonchev–Trinajstić information content (AvgIpc) is 2.50. The quantitative estimate of drug-likeness (QED) is 0.695. The highest BCUT2D eigenvalue weighted by molar-refractivity contribution is 6.13. The molecule has 0 heterocycles. The van der Waals surface area contributed by atoms with Crippen LogP contribution in [0, 0.1) is 6.92 Å². The number of carbonyl (C=O) groups excluding carboxylic acids is 1. The van der Waals surface area contributed by atoms with Gasteiger partial charge in [-0.25, -0.2) is 0 Å². The van der Waals surface area contributed by atoms with Crippen LogP contribution in [0.4, 0.5) is 11.4 Å². The summed E-state index contributed by atoms with van der Waals surface area (Å²) in [6.45, 7) is 1.93. The molecule has 0 atom stereocenters. The number of aryl methyl sites for hydroxylation is 1. The molecule has 0 unspecified atom stereocenters. The Morgan fingerprint density at radius 2 is 1.67 bits per heavy atom. The fraction of sp³-hybridized carbons (Fsp3) is 0.0556. The van der Waals surface area contributed by atoms with Crippen molar-refractivity contribution in [1.82, 2.24) is 0 Å². The predicted octanol–water partition coefficient (Wildman–Crippen LogP) is 3.98. The monoisotopic (exact) mass is 276 g/mol. The van der Waals surface area contributed by atoms with Gasteiger partial charge in [0.05, 0.1) is 11.4 Å². The van der Waals surface area contributed by atoms with Crippen molar-refractivity contribution >= 4 is 28.1 Å². The Bertz CT molecular complexity index is 799. The first-order chi connectivity index (χ1) is 10.2. The summed E-state index contributed by atoms with van der Waals surface area (Å²) in [6, 6.07) is 19.1. The van der Waals surface area contributed by atoms with Crippen molar-refractivity contribution in [3.63, 3.8) is 0 Å². The van der Waals surface area contributed by atoms with Crippen molar-refractivity contribution in [3.8, 4) is 0 Å². The van der Waals surface area contributed by atoms with Crippen molar-refractivity contribution in [1.29, 1.82) is 0 Å². The molecule has 1 amide bonds. The summed E-state index contributed by atoms with van der Waals surface area (Å²) in [6.07, 6.45) is 0. The number of anilines is 2. The molecular weight excluding hydrogens is 260 g/mol. The van der Waals surface area contributed by atoms with Crippen LogP contribution in [0.5, 0.6) is 0 Å². The summed E-state index contributed by atoms with van der Waals surface area (Å²) < 4.78 is 0. The Balaban J connectivity index is 2.02. The molecule has 0 saturated heterocycles. The maximum Gasteiger partial charge on any atom is 0.256 e. The van der Waals surface area contributed by atoms with Gasteiger partial charge in [-0.15, -0.1) is 0 Å². The summed E-state index contributed by atoms with van der Waals surface area (Å²) in [4.78, 5) is 12.6. The van der Waals surface area contributed by atoms with Gasteiger partial charge in [0, 0.05) is 5.56 Å². The molecule has 0 aliphatic carbocycles. The topological polar surface area (TPSA) is 55.1 Å². The molecule has 21 heavy (non-hydrogen) atoms. The predicted molar refractivity (Wildman–Crippen MR) is 87.5 cm³/mol. The van der Waals surface area contributed by atoms with E-state index in [1.165, 1.54) is 0 Å². The Hall–Kier alpha value is -2.81. The van der Waals surface area contributed by atoms with Crippen LogP contribution >= 0.6 is 0 Å². The highest BCUT2D eigenvalue weighted by Gasteiger charge is 2.12. The Kier molecular flexibility index (Phi) is 3.32. The molecule has 3 rings (SSSR count). The lowest BCUT2D eigenvalue weighted by atomic mass is 10.0. The van der Waals surface area contributed by atoms with Gasteiger partial charge in [-0.3, -0.25) is 4.79 Å². The molecule has 0 spiro atoms. The summed E-state index contributed by atoms with van der Waals surface area (Å²) in [5.41, 5.74) is 8.79. The van der Waals surface area contributed by atoms with E-state index in [-0.39, 0.29) is 5.91 Å². The molecule has 0 radical (unpaired) electrons. The zero-order valence-corrected chi connectivity index (χ0v) is 11.8. The molecule has 0 bridgehead atoms. The minimum absolute atomic E-state index is 0.146. The molecule has 104 valence electrons. The lowest BCUT2D eigenvalue weighted by Gasteiger charge is -2.12. The third kappa shape index (κ3) is 2.46. The smallest absolute Gasteiger partial charge is 0.256 e. The largest absolute Gasteiger partial charge is 0.397 e. The number of rotatable bonds is 2. The lowest BCUT2D eigenvalue weighted by molar-refractivity contribution is 0.102. The molecule has 0 aliphatic rings. The minimum Gasteiger partial charge on any atom is -0.397 e. The Morgan fingerprint density at radius 1 is 0.952 bits per heavy atom. The fourth-order valence-corrected chi connectivity index (χ4v) is 2.47. The van der Waals surface area contributed by atoms with E-state index in [0.717, 1.165) is 16.3 Å². The molecule has 3 N–H and O–H groups in total. The van der Waals surface area contributed by atoms with Gasteiger partial charge < -0.3 is 11.1 Å². The zero-order valence-electron chi connectivity index (χ0n) is 11.8. The van der Waals surface area contributed by atoms with E-state index < -0.39 is 0 Å². The number of hydrogen-bond donors (Lipinski definition) is 2. The van der Waals surface area contributed by atoms with Gasteiger partial charge in [0.1, 0.15) is 0 Å². The normalized spacial score (nSPS) is 10.5. The molecule has 0 aliphatic heterocycles. The molecule has 3 aromatic carbocycles. The van der Waals surface area contributed by atoms with Gasteiger partial charge in [0.25, 0.3) is 5.91 Å². The highest BCUT2D eigenvalue weighted by Crippen LogP contribution is 2.25. The van der Waals surface area contributed by atoms with Gasteiger partial charge in [-0.05, 0) is 35.4 Å². The molecule has 3 nitrogen and oxygen atoms in total. The van der Waals surface area contributed by atoms with Crippen LogP contribution in [0.3, 0.4) is 0 Å². The number of carbonyl (C=O) groups is 1. The van der Waals surface area contributed by atoms with E-state index in [2.05, 4.69) is 5.32 Å². The molecule has 3 aromatic rings. The second-order valence-corrected chi connectivity index (χ2v) is 5.02. The van der Waals surface area contributed by atoms with Crippen LogP contribution in [0.1, 0.15) is 15.9 Å². The van der Waals surface area contributed by atoms with E-state index in [1.807, 2.05) is 61.5 Å². The van der Waals surface area contributed by atoms with Gasteiger partial charge in [-0.1, -0.05) is 48.5 Å². The zero-order chi connectivity index (χ0) is 14.8. The van der Waals surface area contributed by atoms with Crippen LogP contribution < -0.4 is 11.1 Å². The number of benzene rings is 3. The first kappa shape index (κ1) is 13.2. The second-order valence-electron chi connectivity index (χ2n) is 5.02. The second kappa shape index (κ2) is 5.29. The summed E-state index contributed by atoms with van der Waals surface area (Å²) in [5, 5.41) is 4.90. The Labute approximate surface area is 123 Å². The summed E-state index contributed by atoms with van der Waals surface area (Å²) in [5.74, 6) is -0.146. The van der Waals surface area contributed by atoms with E-state index >= 15 is 0 Å². The molecule has 0 aromatic heterocycles. The molecule has 0 fully saturated rings. The van der Waals surface area contributed by atoms with E-state index in [0.29, 0.717) is 16.9 Å². The summed E-state index contributed by atoms with van der Waals surface area (Å²) in [7, 11) is 0. The Morgan fingerprint density at radius 3 is 2.48 bits per heavy atom. The highest BCUT2D eigenvalue weighted by atomic mass is 16.1. The first-order valence-electron chi connectivity index (χ1n) is 6.81. The van der Waals surface area contributed by atoms with E-state index in [1.54, 1.807) is 6.07 Å². The van der Waals surface area contributed by atoms with E-state index in [4.69, 9.17) is 5.73 Å². The fourth-order valence-electron chi connectivity index (χ4n) is 2.47. The van der Waals surface area contributed by atoms with Gasteiger partial charge in [0.15, 0.2) is 0 Å².